The number of amides is 3. The van der Waals surface area contributed by atoms with Gasteiger partial charge in [-0.3, -0.25) is 10.1 Å². The van der Waals surface area contributed by atoms with Crippen LogP contribution in [0.15, 0.2) is 53.9 Å². The Morgan fingerprint density at radius 3 is 2.35 bits per heavy atom. The number of urea groups is 1. The van der Waals surface area contributed by atoms with Gasteiger partial charge in [0.25, 0.3) is 0 Å². The number of nitrogens with zero attached hydrogens (tertiary/aromatic N) is 2. The molecule has 2 rings (SSSR count). The topological polar surface area (TPSA) is 98.0 Å². The second-order valence-corrected chi connectivity index (χ2v) is 4.87. The van der Waals surface area contributed by atoms with Crippen molar-refractivity contribution in [1.29, 1.82) is 0 Å². The van der Waals surface area contributed by atoms with Crippen molar-refractivity contribution in [3.05, 3.63) is 54.4 Å². The van der Waals surface area contributed by atoms with Crippen molar-refractivity contribution in [2.45, 2.75) is 10.4 Å². The summed E-state index contributed by atoms with van der Waals surface area (Å²) < 4.78 is 0. The number of carbonyl (C=O) groups excluding carboxylic acids is 2. The Morgan fingerprint density at radius 1 is 1.10 bits per heavy atom. The molecule has 102 valence electrons. The minimum atomic E-state index is -0.884. The van der Waals surface area contributed by atoms with Crippen LogP contribution in [0.1, 0.15) is 10.8 Å². The summed E-state index contributed by atoms with van der Waals surface area (Å²) >= 11 is 1.15. The number of hydrogen-bond acceptors (Lipinski definition) is 5. The van der Waals surface area contributed by atoms with Crippen LogP contribution in [0.5, 0.6) is 0 Å². The van der Waals surface area contributed by atoms with Crippen molar-refractivity contribution in [2.75, 3.05) is 0 Å². The number of nitrogens with two attached hydrogens (primary N) is 1. The average molecular weight is 288 g/mol. The molecular formula is C13H12N4O2S. The van der Waals surface area contributed by atoms with Crippen LogP contribution in [-0.4, -0.2) is 21.9 Å². The maximum atomic E-state index is 12.1. The lowest BCUT2D eigenvalue weighted by Gasteiger charge is -2.14. The van der Waals surface area contributed by atoms with E-state index in [4.69, 9.17) is 5.73 Å². The van der Waals surface area contributed by atoms with Gasteiger partial charge >= 0.3 is 6.03 Å². The fraction of sp³-hybridized carbons (Fsp3) is 0.0769. The molecular weight excluding hydrogens is 276 g/mol. The van der Waals surface area contributed by atoms with E-state index in [1.165, 1.54) is 0 Å². The maximum Gasteiger partial charge on any atom is 0.318 e. The van der Waals surface area contributed by atoms with E-state index in [-0.39, 0.29) is 0 Å². The molecule has 0 spiro atoms. The molecule has 3 N–H and O–H groups in total. The molecule has 0 aliphatic rings. The lowest BCUT2D eigenvalue weighted by atomic mass is 10.1. The Kier molecular flexibility index (Phi) is 4.67. The third-order valence-corrected chi connectivity index (χ3v) is 3.50. The molecule has 0 fully saturated rings. The van der Waals surface area contributed by atoms with Crippen LogP contribution in [0.4, 0.5) is 4.79 Å². The van der Waals surface area contributed by atoms with Gasteiger partial charge in [0.2, 0.25) is 5.91 Å². The summed E-state index contributed by atoms with van der Waals surface area (Å²) in [4.78, 5) is 31.0. The van der Waals surface area contributed by atoms with Crippen LogP contribution in [0.2, 0.25) is 0 Å². The van der Waals surface area contributed by atoms with Crippen LogP contribution in [-0.2, 0) is 4.79 Å². The Bertz CT molecular complexity index is 592. The molecule has 0 unspecified atom stereocenters. The number of imide groups is 1. The Labute approximate surface area is 119 Å². The zero-order valence-electron chi connectivity index (χ0n) is 10.4. The van der Waals surface area contributed by atoms with Gasteiger partial charge in [0, 0.05) is 12.4 Å². The van der Waals surface area contributed by atoms with E-state index in [1.807, 2.05) is 18.2 Å². The van der Waals surface area contributed by atoms with Crippen molar-refractivity contribution in [3.8, 4) is 0 Å². The standard InChI is InChI=1S/C13H12N4O2S/c14-12(19)17-11(18)10(9-5-2-1-3-6-9)20-13-15-7-4-8-16-13/h1-8,10H,(H3,14,17,18,19)/t10-/m0/s1. The van der Waals surface area contributed by atoms with E-state index >= 15 is 0 Å². The average Bonchev–Trinajstić information content (AvgIpc) is 2.46. The molecule has 20 heavy (non-hydrogen) atoms. The molecule has 0 saturated heterocycles. The van der Waals surface area contributed by atoms with E-state index < -0.39 is 17.2 Å². The second-order valence-electron chi connectivity index (χ2n) is 3.79. The van der Waals surface area contributed by atoms with E-state index in [9.17, 15) is 9.59 Å². The summed E-state index contributed by atoms with van der Waals surface area (Å²) in [6.07, 6.45) is 3.17. The zero-order valence-corrected chi connectivity index (χ0v) is 11.2. The van der Waals surface area contributed by atoms with Gasteiger partial charge in [0.05, 0.1) is 0 Å². The second kappa shape index (κ2) is 6.67. The molecule has 0 aliphatic heterocycles. The van der Waals surface area contributed by atoms with Gasteiger partial charge in [0.1, 0.15) is 5.25 Å². The molecule has 7 heteroatoms. The number of rotatable bonds is 4. The Hall–Kier alpha value is -2.41. The summed E-state index contributed by atoms with van der Waals surface area (Å²) in [5.41, 5.74) is 5.73. The zero-order chi connectivity index (χ0) is 14.4. The quantitative estimate of drug-likeness (QED) is 0.656. The highest BCUT2D eigenvalue weighted by Crippen LogP contribution is 2.32. The number of carbonyl (C=O) groups is 2. The Balaban J connectivity index is 2.25. The number of benzene rings is 1. The first-order valence-corrected chi connectivity index (χ1v) is 6.63. The van der Waals surface area contributed by atoms with Crippen molar-refractivity contribution < 1.29 is 9.59 Å². The molecule has 1 aromatic heterocycles. The highest BCUT2D eigenvalue weighted by Gasteiger charge is 2.24. The van der Waals surface area contributed by atoms with Crippen molar-refractivity contribution in [3.63, 3.8) is 0 Å². The van der Waals surface area contributed by atoms with Crippen LogP contribution >= 0.6 is 11.8 Å². The molecule has 1 atom stereocenters. The SMILES string of the molecule is NC(=O)NC(=O)[C@@H](Sc1ncccn1)c1ccccc1. The summed E-state index contributed by atoms with van der Waals surface area (Å²) in [6.45, 7) is 0. The number of primary amides is 1. The predicted octanol–water partition coefficient (Wildman–Crippen LogP) is 1.50. The maximum absolute atomic E-state index is 12.1. The smallest absolute Gasteiger partial charge is 0.318 e. The van der Waals surface area contributed by atoms with Crippen molar-refractivity contribution >= 4 is 23.7 Å². The van der Waals surface area contributed by atoms with Crippen molar-refractivity contribution in [1.82, 2.24) is 15.3 Å². The Morgan fingerprint density at radius 2 is 1.75 bits per heavy atom. The third kappa shape index (κ3) is 3.79. The third-order valence-electron chi connectivity index (χ3n) is 2.35. The monoisotopic (exact) mass is 288 g/mol. The fourth-order valence-electron chi connectivity index (χ4n) is 1.54. The fourth-order valence-corrected chi connectivity index (χ4v) is 2.45. The largest absolute Gasteiger partial charge is 0.351 e. The summed E-state index contributed by atoms with van der Waals surface area (Å²) in [7, 11) is 0. The molecule has 3 amide bonds. The van der Waals surface area contributed by atoms with Crippen LogP contribution < -0.4 is 11.1 Å². The summed E-state index contributed by atoms with van der Waals surface area (Å²) in [5, 5.41) is 1.88. The first-order valence-electron chi connectivity index (χ1n) is 5.76. The normalized spacial score (nSPS) is 11.6. The van der Waals surface area contributed by atoms with Crippen LogP contribution in [0.3, 0.4) is 0 Å². The van der Waals surface area contributed by atoms with Crippen LogP contribution in [0.25, 0.3) is 0 Å². The number of hydrogen-bond donors (Lipinski definition) is 2. The van der Waals surface area contributed by atoms with Crippen molar-refractivity contribution in [2.24, 2.45) is 5.73 Å². The molecule has 6 nitrogen and oxygen atoms in total. The van der Waals surface area contributed by atoms with E-state index in [0.29, 0.717) is 5.16 Å². The first-order chi connectivity index (χ1) is 9.66. The minimum absolute atomic E-state index is 0.445. The molecule has 0 radical (unpaired) electrons. The molecule has 1 heterocycles. The molecule has 0 aliphatic carbocycles. The van der Waals surface area contributed by atoms with Gasteiger partial charge in [-0.1, -0.05) is 42.1 Å². The highest BCUT2D eigenvalue weighted by molar-refractivity contribution is 8.00. The summed E-state index contributed by atoms with van der Waals surface area (Å²) in [6, 6.07) is 9.85. The molecule has 1 aromatic carbocycles. The van der Waals surface area contributed by atoms with Gasteiger partial charge in [-0.15, -0.1) is 0 Å². The summed E-state index contributed by atoms with van der Waals surface area (Å²) in [5.74, 6) is -0.499. The first kappa shape index (κ1) is 14.0. The number of thioether (sulfide) groups is 1. The van der Waals surface area contributed by atoms with Gasteiger partial charge < -0.3 is 5.73 Å². The lowest BCUT2D eigenvalue weighted by molar-refractivity contribution is -0.119. The number of nitrogens with one attached hydrogen (secondary N) is 1. The van der Waals surface area contributed by atoms with Gasteiger partial charge in [0.15, 0.2) is 5.16 Å². The lowest BCUT2D eigenvalue weighted by Crippen LogP contribution is -2.37. The van der Waals surface area contributed by atoms with Gasteiger partial charge in [-0.05, 0) is 11.6 Å². The van der Waals surface area contributed by atoms with E-state index in [0.717, 1.165) is 17.3 Å². The van der Waals surface area contributed by atoms with E-state index in [1.54, 1.807) is 30.6 Å². The molecule has 0 saturated carbocycles. The minimum Gasteiger partial charge on any atom is -0.351 e. The van der Waals surface area contributed by atoms with E-state index in [2.05, 4.69) is 15.3 Å². The predicted molar refractivity (Wildman–Crippen MR) is 74.8 cm³/mol. The van der Waals surface area contributed by atoms with Crippen LogP contribution in [0, 0.1) is 0 Å². The molecule has 2 aromatic rings. The molecule has 0 bridgehead atoms. The highest BCUT2D eigenvalue weighted by atomic mass is 32.2. The number of aromatic nitrogens is 2. The van der Waals surface area contributed by atoms with Gasteiger partial charge in [-0.25, -0.2) is 14.8 Å². The van der Waals surface area contributed by atoms with Gasteiger partial charge in [-0.2, -0.15) is 0 Å².